The Morgan fingerprint density at radius 1 is 1.11 bits per heavy atom. The fourth-order valence-corrected chi connectivity index (χ4v) is 3.96. The van der Waals surface area contributed by atoms with Gasteiger partial charge in [0.05, 0.1) is 10.5 Å². The number of para-hydroxylation sites is 1. The van der Waals surface area contributed by atoms with Crippen LogP contribution in [0, 0.1) is 10.1 Å². The van der Waals surface area contributed by atoms with Crippen LogP contribution in [0.3, 0.4) is 0 Å². The predicted octanol–water partition coefficient (Wildman–Crippen LogP) is 3.35. The normalized spacial score (nSPS) is 21.6. The largest absolute Gasteiger partial charge is 0.457 e. The van der Waals surface area contributed by atoms with Gasteiger partial charge in [0.2, 0.25) is 0 Å². The Labute approximate surface area is 157 Å². The van der Waals surface area contributed by atoms with Crippen LogP contribution in [0.1, 0.15) is 29.6 Å². The van der Waals surface area contributed by atoms with Gasteiger partial charge in [-0.3, -0.25) is 14.9 Å². The fraction of sp³-hybridized carbons (Fsp3) is 0.350. The first-order valence-electron chi connectivity index (χ1n) is 9.18. The molecule has 0 aliphatic carbocycles. The maximum absolute atomic E-state index is 13.4. The van der Waals surface area contributed by atoms with Gasteiger partial charge in [0.25, 0.3) is 11.6 Å². The first-order chi connectivity index (χ1) is 13.1. The van der Waals surface area contributed by atoms with Crippen LogP contribution in [0.2, 0.25) is 0 Å². The molecule has 1 amide bonds. The SMILES string of the molecule is O=C(c1cc([N+](=O)[O-])ccc1Oc1ccccc1)N1C2CCNCC1CC2. The number of fused-ring (bicyclic) bond motifs is 2. The Hall–Kier alpha value is -2.93. The van der Waals surface area contributed by atoms with Gasteiger partial charge >= 0.3 is 0 Å². The lowest BCUT2D eigenvalue weighted by molar-refractivity contribution is -0.384. The van der Waals surface area contributed by atoms with E-state index in [4.69, 9.17) is 4.74 Å². The number of nitrogens with zero attached hydrogens (tertiary/aromatic N) is 2. The van der Waals surface area contributed by atoms with Crippen molar-refractivity contribution in [1.82, 2.24) is 10.2 Å². The zero-order chi connectivity index (χ0) is 18.8. The third-order valence-electron chi connectivity index (χ3n) is 5.26. The molecule has 2 atom stereocenters. The molecular formula is C20H21N3O4. The maximum atomic E-state index is 13.4. The zero-order valence-corrected chi connectivity index (χ0v) is 14.8. The summed E-state index contributed by atoms with van der Waals surface area (Å²) in [7, 11) is 0. The average molecular weight is 367 g/mol. The van der Waals surface area contributed by atoms with Crippen LogP contribution in [-0.2, 0) is 0 Å². The van der Waals surface area contributed by atoms with E-state index >= 15 is 0 Å². The Bertz CT molecular complexity index is 842. The summed E-state index contributed by atoms with van der Waals surface area (Å²) in [5.74, 6) is 0.732. The van der Waals surface area contributed by atoms with E-state index in [2.05, 4.69) is 5.32 Å². The Morgan fingerprint density at radius 3 is 2.67 bits per heavy atom. The quantitative estimate of drug-likeness (QED) is 0.662. The van der Waals surface area contributed by atoms with E-state index in [1.807, 2.05) is 23.1 Å². The van der Waals surface area contributed by atoms with E-state index in [0.717, 1.165) is 32.4 Å². The second-order valence-electron chi connectivity index (χ2n) is 6.94. The van der Waals surface area contributed by atoms with Gasteiger partial charge in [0.1, 0.15) is 11.5 Å². The third kappa shape index (κ3) is 3.50. The number of nitro groups is 1. The molecule has 2 aliphatic heterocycles. The molecule has 0 aromatic heterocycles. The van der Waals surface area contributed by atoms with Crippen molar-refractivity contribution in [2.75, 3.05) is 13.1 Å². The monoisotopic (exact) mass is 367 g/mol. The van der Waals surface area contributed by atoms with Gasteiger partial charge in [-0.1, -0.05) is 18.2 Å². The molecule has 2 bridgehead atoms. The van der Waals surface area contributed by atoms with Gasteiger partial charge in [-0.05, 0) is 44.0 Å². The van der Waals surface area contributed by atoms with Crippen LogP contribution in [0.4, 0.5) is 5.69 Å². The zero-order valence-electron chi connectivity index (χ0n) is 14.8. The standard InChI is InChI=1S/C20H21N3O4/c24-20(22-14-6-7-16(22)13-21-11-10-14)18-12-15(23(25)26)8-9-19(18)27-17-4-2-1-3-5-17/h1-5,8-9,12,14,16,21H,6-7,10-11,13H2. The minimum Gasteiger partial charge on any atom is -0.457 e. The third-order valence-corrected chi connectivity index (χ3v) is 5.26. The van der Waals surface area contributed by atoms with E-state index in [1.54, 1.807) is 12.1 Å². The lowest BCUT2D eigenvalue weighted by Gasteiger charge is -2.28. The summed E-state index contributed by atoms with van der Waals surface area (Å²) in [6.07, 6.45) is 2.82. The highest BCUT2D eigenvalue weighted by molar-refractivity contribution is 5.98. The summed E-state index contributed by atoms with van der Waals surface area (Å²) in [5, 5.41) is 14.6. The molecule has 2 unspecified atom stereocenters. The van der Waals surface area contributed by atoms with Gasteiger partial charge in [0.15, 0.2) is 0 Å². The molecule has 27 heavy (non-hydrogen) atoms. The van der Waals surface area contributed by atoms with Gasteiger partial charge in [0, 0.05) is 30.8 Å². The van der Waals surface area contributed by atoms with Crippen LogP contribution < -0.4 is 10.1 Å². The van der Waals surface area contributed by atoms with E-state index in [9.17, 15) is 14.9 Å². The van der Waals surface area contributed by atoms with Crippen molar-refractivity contribution in [2.24, 2.45) is 0 Å². The molecular weight excluding hydrogens is 346 g/mol. The second kappa shape index (κ2) is 7.36. The molecule has 0 radical (unpaired) electrons. The second-order valence-corrected chi connectivity index (χ2v) is 6.94. The first kappa shape index (κ1) is 17.5. The van der Waals surface area contributed by atoms with Crippen molar-refractivity contribution in [3.63, 3.8) is 0 Å². The molecule has 0 spiro atoms. The molecule has 2 saturated heterocycles. The molecule has 2 aromatic carbocycles. The van der Waals surface area contributed by atoms with E-state index in [-0.39, 0.29) is 29.2 Å². The lowest BCUT2D eigenvalue weighted by Crippen LogP contribution is -2.42. The Balaban J connectivity index is 1.71. The fourth-order valence-electron chi connectivity index (χ4n) is 3.96. The smallest absolute Gasteiger partial charge is 0.270 e. The molecule has 7 heteroatoms. The van der Waals surface area contributed by atoms with Crippen molar-refractivity contribution >= 4 is 11.6 Å². The van der Waals surface area contributed by atoms with Crippen molar-refractivity contribution in [3.8, 4) is 11.5 Å². The van der Waals surface area contributed by atoms with Gasteiger partial charge in [-0.15, -0.1) is 0 Å². The highest BCUT2D eigenvalue weighted by Gasteiger charge is 2.39. The average Bonchev–Trinajstić information content (AvgIpc) is 2.94. The summed E-state index contributed by atoms with van der Waals surface area (Å²) >= 11 is 0. The van der Waals surface area contributed by atoms with Gasteiger partial charge in [-0.25, -0.2) is 0 Å². The van der Waals surface area contributed by atoms with Crippen molar-refractivity contribution in [2.45, 2.75) is 31.3 Å². The summed E-state index contributed by atoms with van der Waals surface area (Å²) in [6, 6.07) is 13.6. The van der Waals surface area contributed by atoms with Crippen LogP contribution in [0.5, 0.6) is 11.5 Å². The topological polar surface area (TPSA) is 84.7 Å². The minimum atomic E-state index is -0.484. The van der Waals surface area contributed by atoms with Crippen molar-refractivity contribution < 1.29 is 14.5 Å². The number of nitro benzene ring substituents is 1. The highest BCUT2D eigenvalue weighted by atomic mass is 16.6. The number of carbonyl (C=O) groups is 1. The van der Waals surface area contributed by atoms with E-state index in [1.165, 1.54) is 18.2 Å². The number of hydrogen-bond acceptors (Lipinski definition) is 5. The van der Waals surface area contributed by atoms with Crippen molar-refractivity contribution in [3.05, 3.63) is 64.2 Å². The van der Waals surface area contributed by atoms with E-state index in [0.29, 0.717) is 11.5 Å². The predicted molar refractivity (Wildman–Crippen MR) is 100 cm³/mol. The first-order valence-corrected chi connectivity index (χ1v) is 9.18. The van der Waals surface area contributed by atoms with Gasteiger partial charge in [-0.2, -0.15) is 0 Å². The molecule has 7 nitrogen and oxygen atoms in total. The number of carbonyl (C=O) groups excluding carboxylic acids is 1. The molecule has 140 valence electrons. The molecule has 2 fully saturated rings. The number of benzene rings is 2. The van der Waals surface area contributed by atoms with Gasteiger partial charge < -0.3 is 15.0 Å². The number of amides is 1. The molecule has 2 aliphatic rings. The molecule has 0 saturated carbocycles. The summed E-state index contributed by atoms with van der Waals surface area (Å²) in [6.45, 7) is 1.64. The van der Waals surface area contributed by atoms with E-state index < -0.39 is 4.92 Å². The number of ether oxygens (including phenoxy) is 1. The maximum Gasteiger partial charge on any atom is 0.270 e. The molecule has 4 rings (SSSR count). The van der Waals surface area contributed by atoms with Crippen LogP contribution in [-0.4, -0.2) is 40.9 Å². The number of nitrogens with one attached hydrogen (secondary N) is 1. The van der Waals surface area contributed by atoms with Crippen LogP contribution in [0.15, 0.2) is 48.5 Å². The molecule has 2 heterocycles. The summed E-state index contributed by atoms with van der Waals surface area (Å²) < 4.78 is 5.89. The minimum absolute atomic E-state index is 0.112. The van der Waals surface area contributed by atoms with Crippen LogP contribution >= 0.6 is 0 Å². The number of rotatable bonds is 4. The number of hydrogen-bond donors (Lipinski definition) is 1. The Morgan fingerprint density at radius 2 is 1.89 bits per heavy atom. The lowest BCUT2D eigenvalue weighted by atomic mass is 10.1. The summed E-state index contributed by atoms with van der Waals surface area (Å²) in [4.78, 5) is 26.1. The van der Waals surface area contributed by atoms with Crippen molar-refractivity contribution in [1.29, 1.82) is 0 Å². The summed E-state index contributed by atoms with van der Waals surface area (Å²) in [5.41, 5.74) is 0.130. The Kier molecular flexibility index (Phi) is 4.77. The molecule has 1 N–H and O–H groups in total. The van der Waals surface area contributed by atoms with Crippen LogP contribution in [0.25, 0.3) is 0 Å². The number of non-ortho nitro benzene ring substituents is 1. The highest BCUT2D eigenvalue weighted by Crippen LogP contribution is 2.34. The molecule has 2 aromatic rings.